The van der Waals surface area contributed by atoms with E-state index in [-0.39, 0.29) is 5.82 Å². The van der Waals surface area contributed by atoms with Crippen LogP contribution in [0, 0.1) is 19.7 Å². The van der Waals surface area contributed by atoms with Gasteiger partial charge in [-0.2, -0.15) is 0 Å². The monoisotopic (exact) mass is 259 g/mol. The van der Waals surface area contributed by atoms with E-state index < -0.39 is 0 Å². The van der Waals surface area contributed by atoms with Gasteiger partial charge in [-0.3, -0.25) is 0 Å². The lowest BCUT2D eigenvalue weighted by atomic mass is 10.0. The Morgan fingerprint density at radius 1 is 1.21 bits per heavy atom. The zero-order valence-corrected chi connectivity index (χ0v) is 11.5. The van der Waals surface area contributed by atoms with Crippen molar-refractivity contribution in [2.45, 2.75) is 33.6 Å². The maximum atomic E-state index is 13.7. The summed E-state index contributed by atoms with van der Waals surface area (Å²) in [5, 5.41) is 0. The van der Waals surface area contributed by atoms with Gasteiger partial charge in [0.1, 0.15) is 17.5 Å². The Balaban J connectivity index is 2.56. The maximum Gasteiger partial charge on any atom is 0.131 e. The Morgan fingerprint density at radius 2 is 1.95 bits per heavy atom. The van der Waals surface area contributed by atoms with Gasteiger partial charge in [-0.1, -0.05) is 19.1 Å². The number of benzene rings is 1. The first kappa shape index (κ1) is 13.5. The molecule has 0 amide bonds. The minimum absolute atomic E-state index is 0.230. The van der Waals surface area contributed by atoms with Crippen molar-refractivity contribution >= 4 is 5.82 Å². The molecular formula is C15H18FN3. The third-order valence-electron chi connectivity index (χ3n) is 3.15. The van der Waals surface area contributed by atoms with Crippen molar-refractivity contribution in [3.63, 3.8) is 0 Å². The zero-order chi connectivity index (χ0) is 14.0. The molecule has 1 heterocycles. The van der Waals surface area contributed by atoms with Crippen molar-refractivity contribution in [1.29, 1.82) is 0 Å². The lowest BCUT2D eigenvalue weighted by Gasteiger charge is -2.10. The minimum atomic E-state index is -0.230. The number of nitrogen functional groups attached to an aromatic ring is 1. The molecular weight excluding hydrogens is 241 g/mol. The Labute approximate surface area is 112 Å². The molecule has 1 aromatic heterocycles. The smallest absolute Gasteiger partial charge is 0.131 e. The van der Waals surface area contributed by atoms with Crippen LogP contribution in [0.4, 0.5) is 10.2 Å². The van der Waals surface area contributed by atoms with Crippen molar-refractivity contribution in [3.05, 3.63) is 41.0 Å². The third-order valence-corrected chi connectivity index (χ3v) is 3.15. The number of anilines is 1. The Bertz CT molecular complexity index is 609. The molecule has 0 bridgehead atoms. The highest BCUT2D eigenvalue weighted by atomic mass is 19.1. The number of nitrogens with two attached hydrogens (primary N) is 1. The Kier molecular flexibility index (Phi) is 3.79. The summed E-state index contributed by atoms with van der Waals surface area (Å²) in [5.74, 6) is 0.946. The van der Waals surface area contributed by atoms with Crippen LogP contribution >= 0.6 is 0 Å². The van der Waals surface area contributed by atoms with E-state index in [9.17, 15) is 4.39 Å². The van der Waals surface area contributed by atoms with Crippen molar-refractivity contribution in [3.8, 4) is 11.3 Å². The Morgan fingerprint density at radius 3 is 2.58 bits per heavy atom. The topological polar surface area (TPSA) is 51.8 Å². The molecule has 19 heavy (non-hydrogen) atoms. The molecule has 0 unspecified atom stereocenters. The SMILES string of the molecule is CCCc1nc(N)c(C)c(-c2ccc(C)c(F)c2)n1. The average molecular weight is 259 g/mol. The number of halogens is 1. The molecule has 0 aliphatic heterocycles. The van der Waals surface area contributed by atoms with Crippen LogP contribution in [0.5, 0.6) is 0 Å². The van der Waals surface area contributed by atoms with Crippen LogP contribution in [0.25, 0.3) is 11.3 Å². The molecule has 0 atom stereocenters. The van der Waals surface area contributed by atoms with Gasteiger partial charge in [0.25, 0.3) is 0 Å². The number of hydrogen-bond acceptors (Lipinski definition) is 3. The van der Waals surface area contributed by atoms with Crippen molar-refractivity contribution in [2.24, 2.45) is 0 Å². The largest absolute Gasteiger partial charge is 0.383 e. The van der Waals surface area contributed by atoms with Crippen LogP contribution in [-0.4, -0.2) is 9.97 Å². The standard InChI is InChI=1S/C15H18FN3/c1-4-5-13-18-14(10(3)15(17)19-13)11-7-6-9(2)12(16)8-11/h6-8H,4-5H2,1-3H3,(H2,17,18,19). The van der Waals surface area contributed by atoms with Crippen LogP contribution in [0.2, 0.25) is 0 Å². The molecule has 0 saturated heterocycles. The van der Waals surface area contributed by atoms with Gasteiger partial charge in [-0.15, -0.1) is 0 Å². The van der Waals surface area contributed by atoms with Gasteiger partial charge in [-0.05, 0) is 31.9 Å². The zero-order valence-electron chi connectivity index (χ0n) is 11.5. The molecule has 4 heteroatoms. The first-order valence-electron chi connectivity index (χ1n) is 6.42. The van der Waals surface area contributed by atoms with E-state index in [0.29, 0.717) is 17.2 Å². The molecule has 0 fully saturated rings. The van der Waals surface area contributed by atoms with E-state index in [4.69, 9.17) is 5.73 Å². The van der Waals surface area contributed by atoms with Gasteiger partial charge in [0.05, 0.1) is 5.69 Å². The van der Waals surface area contributed by atoms with E-state index in [2.05, 4.69) is 16.9 Å². The van der Waals surface area contributed by atoms with Gasteiger partial charge < -0.3 is 5.73 Å². The fraction of sp³-hybridized carbons (Fsp3) is 0.333. The van der Waals surface area contributed by atoms with Crippen LogP contribution in [0.3, 0.4) is 0 Å². The lowest BCUT2D eigenvalue weighted by molar-refractivity contribution is 0.619. The second kappa shape index (κ2) is 5.34. The van der Waals surface area contributed by atoms with E-state index in [1.54, 1.807) is 13.0 Å². The van der Waals surface area contributed by atoms with Crippen LogP contribution < -0.4 is 5.73 Å². The number of rotatable bonds is 3. The van der Waals surface area contributed by atoms with Gasteiger partial charge in [0.15, 0.2) is 0 Å². The summed E-state index contributed by atoms with van der Waals surface area (Å²) >= 11 is 0. The quantitative estimate of drug-likeness (QED) is 0.918. The molecule has 2 rings (SSSR count). The minimum Gasteiger partial charge on any atom is -0.383 e. The number of aryl methyl sites for hydroxylation is 2. The fourth-order valence-electron chi connectivity index (χ4n) is 1.94. The molecule has 2 aromatic rings. The molecule has 0 saturated carbocycles. The lowest BCUT2D eigenvalue weighted by Crippen LogP contribution is -2.05. The maximum absolute atomic E-state index is 13.7. The molecule has 100 valence electrons. The van der Waals surface area contributed by atoms with Crippen LogP contribution in [0.1, 0.15) is 30.3 Å². The van der Waals surface area contributed by atoms with Crippen LogP contribution in [-0.2, 0) is 6.42 Å². The Hall–Kier alpha value is -1.97. The summed E-state index contributed by atoms with van der Waals surface area (Å²) in [6, 6.07) is 5.12. The number of nitrogens with zero attached hydrogens (tertiary/aromatic N) is 2. The third kappa shape index (κ3) is 2.72. The summed E-state index contributed by atoms with van der Waals surface area (Å²) in [5.41, 5.74) is 8.79. The summed E-state index contributed by atoms with van der Waals surface area (Å²) in [4.78, 5) is 8.77. The first-order valence-corrected chi connectivity index (χ1v) is 6.42. The first-order chi connectivity index (χ1) is 9.02. The van der Waals surface area contributed by atoms with Gasteiger partial charge in [0, 0.05) is 17.5 Å². The molecule has 3 nitrogen and oxygen atoms in total. The van der Waals surface area contributed by atoms with Crippen molar-refractivity contribution in [1.82, 2.24) is 9.97 Å². The van der Waals surface area contributed by atoms with Crippen LogP contribution in [0.15, 0.2) is 18.2 Å². The summed E-state index contributed by atoms with van der Waals surface area (Å²) in [6.07, 6.45) is 1.72. The summed E-state index contributed by atoms with van der Waals surface area (Å²) in [7, 11) is 0. The second-order valence-corrected chi connectivity index (χ2v) is 4.71. The van der Waals surface area contributed by atoms with E-state index in [1.807, 2.05) is 13.0 Å². The van der Waals surface area contributed by atoms with E-state index >= 15 is 0 Å². The van der Waals surface area contributed by atoms with Crippen molar-refractivity contribution in [2.75, 3.05) is 5.73 Å². The van der Waals surface area contributed by atoms with Gasteiger partial charge >= 0.3 is 0 Å². The molecule has 1 aromatic carbocycles. The normalized spacial score (nSPS) is 10.7. The highest BCUT2D eigenvalue weighted by molar-refractivity contribution is 5.67. The van der Waals surface area contributed by atoms with E-state index in [0.717, 1.165) is 29.7 Å². The highest BCUT2D eigenvalue weighted by Crippen LogP contribution is 2.26. The molecule has 0 aliphatic rings. The van der Waals surface area contributed by atoms with Gasteiger partial charge in [-0.25, -0.2) is 14.4 Å². The van der Waals surface area contributed by atoms with Gasteiger partial charge in [0.2, 0.25) is 0 Å². The number of aromatic nitrogens is 2. The molecule has 2 N–H and O–H groups in total. The summed E-state index contributed by atoms with van der Waals surface area (Å²) in [6.45, 7) is 5.66. The molecule has 0 aliphatic carbocycles. The fourth-order valence-corrected chi connectivity index (χ4v) is 1.94. The number of hydrogen-bond donors (Lipinski definition) is 1. The molecule has 0 radical (unpaired) electrons. The second-order valence-electron chi connectivity index (χ2n) is 4.71. The van der Waals surface area contributed by atoms with E-state index in [1.165, 1.54) is 6.07 Å². The average Bonchev–Trinajstić information content (AvgIpc) is 2.37. The molecule has 0 spiro atoms. The van der Waals surface area contributed by atoms with Crippen molar-refractivity contribution < 1.29 is 4.39 Å². The predicted molar refractivity (Wildman–Crippen MR) is 75.3 cm³/mol. The highest BCUT2D eigenvalue weighted by Gasteiger charge is 2.11. The predicted octanol–water partition coefficient (Wildman–Crippen LogP) is 3.43. The summed E-state index contributed by atoms with van der Waals surface area (Å²) < 4.78 is 13.7.